The highest BCUT2D eigenvalue weighted by molar-refractivity contribution is 9.10. The van der Waals surface area contributed by atoms with Gasteiger partial charge in [-0.25, -0.2) is 0 Å². The van der Waals surface area contributed by atoms with Gasteiger partial charge in [-0.3, -0.25) is 4.98 Å². The fourth-order valence-electron chi connectivity index (χ4n) is 2.67. The van der Waals surface area contributed by atoms with Gasteiger partial charge in [-0.15, -0.1) is 0 Å². The Morgan fingerprint density at radius 3 is 3.00 bits per heavy atom. The number of halogens is 2. The molecule has 2 nitrogen and oxygen atoms in total. The summed E-state index contributed by atoms with van der Waals surface area (Å²) in [5.74, 6) is 0. The molecule has 1 N–H and O–H groups in total. The lowest BCUT2D eigenvalue weighted by Crippen LogP contribution is -2.04. The van der Waals surface area contributed by atoms with Crippen molar-refractivity contribution in [2.24, 2.45) is 0 Å². The molecule has 0 amide bonds. The van der Waals surface area contributed by atoms with E-state index < -0.39 is 0 Å². The molecule has 0 saturated heterocycles. The van der Waals surface area contributed by atoms with Crippen LogP contribution in [0.2, 0.25) is 5.02 Å². The number of rotatable bonds is 2. The van der Waals surface area contributed by atoms with E-state index in [9.17, 15) is 0 Å². The van der Waals surface area contributed by atoms with E-state index in [4.69, 9.17) is 16.6 Å². The summed E-state index contributed by atoms with van der Waals surface area (Å²) in [6.45, 7) is 3.02. The van der Waals surface area contributed by atoms with Crippen LogP contribution in [0.15, 0.2) is 16.6 Å². The van der Waals surface area contributed by atoms with E-state index in [0.717, 1.165) is 39.8 Å². The van der Waals surface area contributed by atoms with Crippen LogP contribution in [-0.2, 0) is 12.8 Å². The Hall–Kier alpha value is -0.800. The average Bonchev–Trinajstić information content (AvgIpc) is 2.82. The number of aryl methyl sites for hydroxylation is 1. The second-order valence-corrected chi connectivity index (χ2v) is 5.81. The summed E-state index contributed by atoms with van der Waals surface area (Å²) in [4.78, 5) is 4.76. The molecule has 0 bridgehead atoms. The van der Waals surface area contributed by atoms with Crippen LogP contribution < -0.4 is 5.32 Å². The van der Waals surface area contributed by atoms with Gasteiger partial charge in [-0.05, 0) is 43.9 Å². The minimum absolute atomic E-state index is 0.724. The summed E-state index contributed by atoms with van der Waals surface area (Å²) < 4.78 is 1.06. The molecule has 1 aliphatic rings. The van der Waals surface area contributed by atoms with Crippen LogP contribution in [0.4, 0.5) is 5.69 Å². The SMILES string of the molecule is CCNc1c2c(nc3c(Cl)ccc(Br)c13)CCC2. The number of fused-ring (bicyclic) bond motifs is 2. The zero-order chi connectivity index (χ0) is 12.7. The Morgan fingerprint density at radius 2 is 2.22 bits per heavy atom. The third-order valence-electron chi connectivity index (χ3n) is 3.42. The van der Waals surface area contributed by atoms with E-state index in [1.165, 1.54) is 23.4 Å². The molecule has 1 aromatic heterocycles. The monoisotopic (exact) mass is 324 g/mol. The van der Waals surface area contributed by atoms with E-state index in [-0.39, 0.29) is 0 Å². The quantitative estimate of drug-likeness (QED) is 0.875. The highest BCUT2D eigenvalue weighted by atomic mass is 79.9. The average molecular weight is 326 g/mol. The predicted molar refractivity (Wildman–Crippen MR) is 80.6 cm³/mol. The number of hydrogen-bond donors (Lipinski definition) is 1. The van der Waals surface area contributed by atoms with Crippen LogP contribution in [0.3, 0.4) is 0 Å². The van der Waals surface area contributed by atoms with Gasteiger partial charge in [0.05, 0.1) is 10.5 Å². The summed E-state index contributed by atoms with van der Waals surface area (Å²) in [5.41, 5.74) is 4.69. The van der Waals surface area contributed by atoms with Crippen LogP contribution in [0.25, 0.3) is 10.9 Å². The number of benzene rings is 1. The van der Waals surface area contributed by atoms with Crippen LogP contribution in [-0.4, -0.2) is 11.5 Å². The molecular formula is C14H14BrClN2. The zero-order valence-corrected chi connectivity index (χ0v) is 12.5. The first kappa shape index (κ1) is 12.2. The van der Waals surface area contributed by atoms with Gasteiger partial charge in [0.2, 0.25) is 0 Å². The second-order valence-electron chi connectivity index (χ2n) is 4.55. The van der Waals surface area contributed by atoms with Crippen LogP contribution >= 0.6 is 27.5 Å². The molecule has 1 heterocycles. The van der Waals surface area contributed by atoms with E-state index in [0.29, 0.717) is 0 Å². The van der Waals surface area contributed by atoms with Gasteiger partial charge in [0.15, 0.2) is 0 Å². The van der Waals surface area contributed by atoms with Crippen LogP contribution in [0.5, 0.6) is 0 Å². The van der Waals surface area contributed by atoms with E-state index in [1.54, 1.807) is 0 Å². The van der Waals surface area contributed by atoms with Gasteiger partial charge < -0.3 is 5.32 Å². The van der Waals surface area contributed by atoms with Crippen LogP contribution in [0.1, 0.15) is 24.6 Å². The van der Waals surface area contributed by atoms with Gasteiger partial charge in [0.1, 0.15) is 0 Å². The third kappa shape index (κ3) is 1.81. The van der Waals surface area contributed by atoms with Crippen molar-refractivity contribution in [3.8, 4) is 0 Å². The van der Waals surface area contributed by atoms with Gasteiger partial charge >= 0.3 is 0 Å². The first-order valence-corrected chi connectivity index (χ1v) is 7.42. The fourth-order valence-corrected chi connectivity index (χ4v) is 3.38. The van der Waals surface area contributed by atoms with Crippen molar-refractivity contribution < 1.29 is 0 Å². The van der Waals surface area contributed by atoms with Gasteiger partial charge in [-0.1, -0.05) is 27.5 Å². The van der Waals surface area contributed by atoms with Crippen molar-refractivity contribution in [2.75, 3.05) is 11.9 Å². The highest BCUT2D eigenvalue weighted by Gasteiger charge is 2.21. The minimum Gasteiger partial charge on any atom is -0.384 e. The van der Waals surface area contributed by atoms with Gasteiger partial charge in [0.25, 0.3) is 0 Å². The summed E-state index contributed by atoms with van der Waals surface area (Å²) in [6.07, 6.45) is 3.36. The Bertz CT molecular complexity index is 625. The molecule has 0 saturated carbocycles. The molecule has 0 radical (unpaired) electrons. The second kappa shape index (κ2) is 4.71. The van der Waals surface area contributed by atoms with Crippen LogP contribution in [0, 0.1) is 0 Å². The molecule has 1 aliphatic carbocycles. The zero-order valence-electron chi connectivity index (χ0n) is 10.2. The molecule has 18 heavy (non-hydrogen) atoms. The first-order chi connectivity index (χ1) is 8.72. The third-order valence-corrected chi connectivity index (χ3v) is 4.38. The van der Waals surface area contributed by atoms with Crippen molar-refractivity contribution in [1.29, 1.82) is 0 Å². The Kier molecular flexibility index (Phi) is 3.20. The Balaban J connectivity index is 2.42. The van der Waals surface area contributed by atoms with E-state index in [1.807, 2.05) is 12.1 Å². The largest absolute Gasteiger partial charge is 0.384 e. The molecule has 3 rings (SSSR count). The Morgan fingerprint density at radius 1 is 1.39 bits per heavy atom. The van der Waals surface area contributed by atoms with Crippen molar-refractivity contribution in [2.45, 2.75) is 26.2 Å². The molecule has 0 spiro atoms. The lowest BCUT2D eigenvalue weighted by Gasteiger charge is -2.15. The molecular weight excluding hydrogens is 312 g/mol. The molecule has 94 valence electrons. The van der Waals surface area contributed by atoms with Crippen molar-refractivity contribution in [3.63, 3.8) is 0 Å². The number of nitrogens with one attached hydrogen (secondary N) is 1. The lowest BCUT2D eigenvalue weighted by molar-refractivity contribution is 0.901. The molecule has 0 atom stereocenters. The molecule has 4 heteroatoms. The smallest absolute Gasteiger partial charge is 0.0923 e. The molecule has 0 fully saturated rings. The summed E-state index contributed by atoms with van der Waals surface area (Å²) in [7, 11) is 0. The van der Waals surface area contributed by atoms with Gasteiger partial charge in [-0.2, -0.15) is 0 Å². The number of aromatic nitrogens is 1. The summed E-state index contributed by atoms with van der Waals surface area (Å²) in [5, 5.41) is 5.33. The normalized spacial score (nSPS) is 13.9. The van der Waals surface area contributed by atoms with Crippen molar-refractivity contribution in [1.82, 2.24) is 4.98 Å². The number of nitrogens with zero attached hydrogens (tertiary/aromatic N) is 1. The topological polar surface area (TPSA) is 24.9 Å². The molecule has 2 aromatic rings. The molecule has 0 unspecified atom stereocenters. The van der Waals surface area contributed by atoms with Crippen molar-refractivity contribution >= 4 is 44.1 Å². The minimum atomic E-state index is 0.724. The Labute approximate surface area is 120 Å². The summed E-state index contributed by atoms with van der Waals surface area (Å²) >= 11 is 9.91. The van der Waals surface area contributed by atoms with E-state index in [2.05, 4.69) is 28.2 Å². The predicted octanol–water partition coefficient (Wildman–Crippen LogP) is 4.57. The first-order valence-electron chi connectivity index (χ1n) is 6.25. The maximum absolute atomic E-state index is 6.29. The number of pyridine rings is 1. The standard InChI is InChI=1S/C14H14BrClN2/c1-2-17-13-8-4-3-5-11(8)18-14-10(16)7-6-9(15)12(13)14/h6-7H,2-5H2,1H3,(H,17,18). The fraction of sp³-hybridized carbons (Fsp3) is 0.357. The maximum Gasteiger partial charge on any atom is 0.0923 e. The number of anilines is 1. The highest BCUT2D eigenvalue weighted by Crippen LogP contribution is 2.40. The molecule has 1 aromatic carbocycles. The lowest BCUT2D eigenvalue weighted by atomic mass is 10.1. The molecule has 0 aliphatic heterocycles. The van der Waals surface area contributed by atoms with E-state index >= 15 is 0 Å². The maximum atomic E-state index is 6.29. The van der Waals surface area contributed by atoms with Gasteiger partial charge in [0, 0.05) is 27.8 Å². The van der Waals surface area contributed by atoms with Crippen molar-refractivity contribution in [3.05, 3.63) is 32.9 Å². The number of hydrogen-bond acceptors (Lipinski definition) is 2. The summed E-state index contributed by atoms with van der Waals surface area (Å²) in [6, 6.07) is 3.90.